The van der Waals surface area contributed by atoms with E-state index in [4.69, 9.17) is 14.2 Å². The van der Waals surface area contributed by atoms with E-state index in [0.29, 0.717) is 19.3 Å². The molecule has 0 fully saturated rings. The molecule has 0 aromatic heterocycles. The summed E-state index contributed by atoms with van der Waals surface area (Å²) in [7, 11) is 0. The second-order valence-corrected chi connectivity index (χ2v) is 16.5. The Morgan fingerprint density at radius 2 is 0.677 bits per heavy atom. The van der Waals surface area contributed by atoms with Crippen molar-refractivity contribution in [3.8, 4) is 0 Å². The third-order valence-electron chi connectivity index (χ3n) is 10.3. The van der Waals surface area contributed by atoms with Gasteiger partial charge in [0.1, 0.15) is 13.2 Å². The van der Waals surface area contributed by atoms with E-state index in [2.05, 4.69) is 81.5 Å². The van der Waals surface area contributed by atoms with E-state index >= 15 is 0 Å². The summed E-state index contributed by atoms with van der Waals surface area (Å²) in [6, 6.07) is 0. The number of carbonyl (C=O) groups is 3. The highest BCUT2D eigenvalue weighted by Gasteiger charge is 2.19. The molecule has 0 aliphatic rings. The molecule has 0 bridgehead atoms. The molecule has 65 heavy (non-hydrogen) atoms. The highest BCUT2D eigenvalue weighted by atomic mass is 16.6. The van der Waals surface area contributed by atoms with Crippen LogP contribution < -0.4 is 0 Å². The summed E-state index contributed by atoms with van der Waals surface area (Å²) in [6.07, 6.45) is 72.9. The van der Waals surface area contributed by atoms with Crippen LogP contribution in [0.1, 0.15) is 201 Å². The van der Waals surface area contributed by atoms with E-state index in [-0.39, 0.29) is 44.0 Å². The number of ether oxygens (including phenoxy) is 3. The first kappa shape index (κ1) is 60.5. The van der Waals surface area contributed by atoms with Crippen LogP contribution in [-0.2, 0) is 28.6 Å². The maximum Gasteiger partial charge on any atom is 0.306 e. The van der Waals surface area contributed by atoms with Gasteiger partial charge in [0.15, 0.2) is 6.10 Å². The summed E-state index contributed by atoms with van der Waals surface area (Å²) in [5, 5.41) is 0. The Balaban J connectivity index is 4.59. The molecule has 0 N–H and O–H groups in total. The first-order chi connectivity index (χ1) is 32.0. The van der Waals surface area contributed by atoms with Gasteiger partial charge in [0.25, 0.3) is 0 Å². The number of rotatable bonds is 44. The van der Waals surface area contributed by atoms with Gasteiger partial charge in [-0.2, -0.15) is 0 Å². The van der Waals surface area contributed by atoms with E-state index in [0.717, 1.165) is 70.6 Å². The molecule has 1 atom stereocenters. The summed E-state index contributed by atoms with van der Waals surface area (Å²) >= 11 is 0. The lowest BCUT2D eigenvalue weighted by atomic mass is 10.1. The van der Waals surface area contributed by atoms with Crippen LogP contribution in [0.25, 0.3) is 0 Å². The molecule has 0 saturated carbocycles. The Kier molecular flexibility index (Phi) is 48.6. The standard InChI is InChI=1S/C59H92O6/c1-4-7-10-13-16-19-22-24-26-28-29-31-32-34-37-40-43-46-49-52-58(61)64-55-56(54-63-57(60)51-48-45-42-39-36-21-18-15-12-9-6-3)65-59(62)53-50-47-44-41-38-35-33-30-27-25-23-20-17-14-11-8-5-2/h7,10,13,16-17,19-20,22,24-29,31-35,37,41,44,56H,4-6,8-9,11-12,14-15,18,21,23,30,36,38-40,42-43,45-55H2,1-3H3/b10-7-,16-13-,20-17-,22-19-,26-24-,27-25-,29-28+,32-31-,35-33-,37-34-,44-41-. The first-order valence-corrected chi connectivity index (χ1v) is 25.8. The molecule has 0 radical (unpaired) electrons. The van der Waals surface area contributed by atoms with Gasteiger partial charge in [0.05, 0.1) is 0 Å². The van der Waals surface area contributed by atoms with Crippen LogP contribution in [0.15, 0.2) is 134 Å². The van der Waals surface area contributed by atoms with Gasteiger partial charge < -0.3 is 14.2 Å². The molecule has 6 heteroatoms. The van der Waals surface area contributed by atoms with Gasteiger partial charge in [-0.25, -0.2) is 0 Å². The van der Waals surface area contributed by atoms with Crippen molar-refractivity contribution in [2.75, 3.05) is 13.2 Å². The molecular weight excluding hydrogens is 805 g/mol. The van der Waals surface area contributed by atoms with Gasteiger partial charge in [-0.1, -0.05) is 238 Å². The molecule has 0 heterocycles. The van der Waals surface area contributed by atoms with Crippen molar-refractivity contribution < 1.29 is 28.6 Å². The lowest BCUT2D eigenvalue weighted by Gasteiger charge is -2.18. The lowest BCUT2D eigenvalue weighted by Crippen LogP contribution is -2.30. The van der Waals surface area contributed by atoms with Crippen LogP contribution in [-0.4, -0.2) is 37.2 Å². The normalized spacial score (nSPS) is 13.2. The van der Waals surface area contributed by atoms with Crippen molar-refractivity contribution >= 4 is 17.9 Å². The molecular formula is C59H92O6. The van der Waals surface area contributed by atoms with Crippen LogP contribution in [0, 0.1) is 0 Å². The minimum atomic E-state index is -0.828. The molecule has 0 saturated heterocycles. The van der Waals surface area contributed by atoms with Crippen molar-refractivity contribution in [2.45, 2.75) is 207 Å². The van der Waals surface area contributed by atoms with Crippen LogP contribution >= 0.6 is 0 Å². The highest BCUT2D eigenvalue weighted by Crippen LogP contribution is 2.13. The molecule has 6 nitrogen and oxygen atoms in total. The summed E-state index contributed by atoms with van der Waals surface area (Å²) in [4.78, 5) is 37.9. The summed E-state index contributed by atoms with van der Waals surface area (Å²) < 4.78 is 16.7. The summed E-state index contributed by atoms with van der Waals surface area (Å²) in [6.45, 7) is 6.35. The second-order valence-electron chi connectivity index (χ2n) is 16.5. The number of hydrogen-bond donors (Lipinski definition) is 0. The molecule has 0 aromatic carbocycles. The predicted molar refractivity (Wildman–Crippen MR) is 279 cm³/mol. The number of unbranched alkanes of at least 4 members (excludes halogenated alkanes) is 17. The van der Waals surface area contributed by atoms with Gasteiger partial charge in [-0.05, 0) is 77.0 Å². The number of carbonyl (C=O) groups excluding carboxylic acids is 3. The zero-order chi connectivity index (χ0) is 47.2. The zero-order valence-electron chi connectivity index (χ0n) is 41.4. The molecule has 0 rings (SSSR count). The Labute approximate surface area is 398 Å². The predicted octanol–water partition coefficient (Wildman–Crippen LogP) is 17.1. The Bertz CT molecular complexity index is 1450. The minimum Gasteiger partial charge on any atom is -0.462 e. The number of allylic oxidation sites excluding steroid dienone is 22. The molecule has 0 spiro atoms. The maximum atomic E-state index is 12.8. The maximum absolute atomic E-state index is 12.8. The molecule has 0 amide bonds. The van der Waals surface area contributed by atoms with Crippen molar-refractivity contribution in [3.05, 3.63) is 134 Å². The molecule has 364 valence electrons. The molecule has 0 aliphatic carbocycles. The lowest BCUT2D eigenvalue weighted by molar-refractivity contribution is -0.167. The molecule has 0 aliphatic heterocycles. The minimum absolute atomic E-state index is 0.118. The van der Waals surface area contributed by atoms with Crippen molar-refractivity contribution in [3.63, 3.8) is 0 Å². The fraction of sp³-hybridized carbons (Fsp3) is 0.576. The quantitative estimate of drug-likeness (QED) is 0.0199. The van der Waals surface area contributed by atoms with Gasteiger partial charge >= 0.3 is 17.9 Å². The van der Waals surface area contributed by atoms with E-state index in [9.17, 15) is 14.4 Å². The van der Waals surface area contributed by atoms with E-state index in [1.165, 1.54) is 77.0 Å². The van der Waals surface area contributed by atoms with Crippen molar-refractivity contribution in [2.24, 2.45) is 0 Å². The second kappa shape index (κ2) is 52.2. The molecule has 0 aromatic rings. The smallest absolute Gasteiger partial charge is 0.306 e. The van der Waals surface area contributed by atoms with E-state index < -0.39 is 6.10 Å². The van der Waals surface area contributed by atoms with Crippen LogP contribution in [0.2, 0.25) is 0 Å². The third kappa shape index (κ3) is 50.4. The topological polar surface area (TPSA) is 78.9 Å². The number of hydrogen-bond acceptors (Lipinski definition) is 6. The average Bonchev–Trinajstić information content (AvgIpc) is 3.30. The van der Waals surface area contributed by atoms with Crippen molar-refractivity contribution in [1.82, 2.24) is 0 Å². The summed E-state index contributed by atoms with van der Waals surface area (Å²) in [5.41, 5.74) is 0. The number of esters is 3. The Morgan fingerprint density at radius 1 is 0.338 bits per heavy atom. The third-order valence-corrected chi connectivity index (χ3v) is 10.3. The average molecular weight is 897 g/mol. The largest absolute Gasteiger partial charge is 0.462 e. The van der Waals surface area contributed by atoms with E-state index in [1.54, 1.807) is 0 Å². The SMILES string of the molecule is CC\C=C/C=C\C=C/C=C\C=C\C=C/C=C\CCCCCC(=O)OCC(COC(=O)CCCCCCCCCCCCC)OC(=O)CCC/C=C\C/C=C\C/C=C\C/C=C\CCCCC. The van der Waals surface area contributed by atoms with Gasteiger partial charge in [0.2, 0.25) is 0 Å². The van der Waals surface area contributed by atoms with Gasteiger partial charge in [-0.15, -0.1) is 0 Å². The van der Waals surface area contributed by atoms with Crippen LogP contribution in [0.3, 0.4) is 0 Å². The van der Waals surface area contributed by atoms with Crippen molar-refractivity contribution in [1.29, 1.82) is 0 Å². The van der Waals surface area contributed by atoms with Crippen LogP contribution in [0.5, 0.6) is 0 Å². The fourth-order valence-corrected chi connectivity index (χ4v) is 6.48. The molecule has 1 unspecified atom stereocenters. The Morgan fingerprint density at radius 3 is 1.15 bits per heavy atom. The Hall–Kier alpha value is -4.45. The van der Waals surface area contributed by atoms with Gasteiger partial charge in [0, 0.05) is 19.3 Å². The zero-order valence-corrected chi connectivity index (χ0v) is 41.4. The monoisotopic (exact) mass is 897 g/mol. The highest BCUT2D eigenvalue weighted by molar-refractivity contribution is 5.71. The fourth-order valence-electron chi connectivity index (χ4n) is 6.48. The van der Waals surface area contributed by atoms with E-state index in [1.807, 2.05) is 72.9 Å². The van der Waals surface area contributed by atoms with Crippen LogP contribution in [0.4, 0.5) is 0 Å². The first-order valence-electron chi connectivity index (χ1n) is 25.8. The summed E-state index contributed by atoms with van der Waals surface area (Å²) in [5.74, 6) is -1.03. The van der Waals surface area contributed by atoms with Gasteiger partial charge in [-0.3, -0.25) is 14.4 Å².